The third-order valence-electron chi connectivity index (χ3n) is 3.71. The molecule has 3 nitrogen and oxygen atoms in total. The summed E-state index contributed by atoms with van der Waals surface area (Å²) < 4.78 is 0. The van der Waals surface area contributed by atoms with E-state index >= 15 is 0 Å². The highest BCUT2D eigenvalue weighted by atomic mass is 32.1. The van der Waals surface area contributed by atoms with Crippen LogP contribution in [0.3, 0.4) is 0 Å². The molecule has 1 aliphatic carbocycles. The van der Waals surface area contributed by atoms with Crippen LogP contribution < -0.4 is 5.32 Å². The Labute approximate surface area is 123 Å². The standard InChI is InChI=1S/C16H18N2OS/c19-16(18-10-12-6-4-5-9-17-12)14-11-20-15-8-3-1-2-7-13(14)15/h4-6,9,11H,1-3,7-8,10H2,(H,18,19). The first-order valence-electron chi connectivity index (χ1n) is 7.12. The molecule has 0 unspecified atom stereocenters. The SMILES string of the molecule is O=C(NCc1ccccn1)c1csc2c1CCCCC2. The molecule has 104 valence electrons. The number of nitrogens with one attached hydrogen (secondary N) is 1. The Morgan fingerprint density at radius 1 is 1.25 bits per heavy atom. The zero-order valence-electron chi connectivity index (χ0n) is 11.4. The van der Waals surface area contributed by atoms with Crippen LogP contribution in [0.4, 0.5) is 0 Å². The molecule has 0 aliphatic heterocycles. The van der Waals surface area contributed by atoms with Gasteiger partial charge in [0.2, 0.25) is 0 Å². The van der Waals surface area contributed by atoms with Crippen LogP contribution in [-0.2, 0) is 19.4 Å². The van der Waals surface area contributed by atoms with Gasteiger partial charge in [-0.05, 0) is 43.4 Å². The van der Waals surface area contributed by atoms with Crippen molar-refractivity contribution in [3.05, 3.63) is 51.5 Å². The minimum Gasteiger partial charge on any atom is -0.346 e. The number of fused-ring (bicyclic) bond motifs is 1. The van der Waals surface area contributed by atoms with E-state index in [2.05, 4.69) is 10.3 Å². The number of carbonyl (C=O) groups is 1. The summed E-state index contributed by atoms with van der Waals surface area (Å²) >= 11 is 1.74. The number of hydrogen-bond donors (Lipinski definition) is 1. The van der Waals surface area contributed by atoms with Crippen LogP contribution in [0.15, 0.2) is 29.8 Å². The van der Waals surface area contributed by atoms with Gasteiger partial charge in [0.15, 0.2) is 0 Å². The first-order chi connectivity index (χ1) is 9.84. The van der Waals surface area contributed by atoms with Crippen molar-refractivity contribution in [1.29, 1.82) is 0 Å². The number of rotatable bonds is 3. The molecule has 2 aromatic heterocycles. The van der Waals surface area contributed by atoms with Gasteiger partial charge in [-0.15, -0.1) is 11.3 Å². The van der Waals surface area contributed by atoms with Crippen molar-refractivity contribution in [3.8, 4) is 0 Å². The molecule has 0 atom stereocenters. The van der Waals surface area contributed by atoms with Gasteiger partial charge in [-0.1, -0.05) is 12.5 Å². The van der Waals surface area contributed by atoms with Crippen molar-refractivity contribution in [2.24, 2.45) is 0 Å². The quantitative estimate of drug-likeness (QED) is 0.879. The molecular formula is C16H18N2OS. The summed E-state index contributed by atoms with van der Waals surface area (Å²) in [5.41, 5.74) is 3.05. The molecule has 2 aromatic rings. The zero-order chi connectivity index (χ0) is 13.8. The second kappa shape index (κ2) is 6.18. The molecule has 1 N–H and O–H groups in total. The number of nitrogens with zero attached hydrogens (tertiary/aromatic N) is 1. The highest BCUT2D eigenvalue weighted by Crippen LogP contribution is 2.29. The first-order valence-corrected chi connectivity index (χ1v) is 8.00. The van der Waals surface area contributed by atoms with Crippen LogP contribution in [0.25, 0.3) is 0 Å². The Morgan fingerprint density at radius 3 is 3.00 bits per heavy atom. The van der Waals surface area contributed by atoms with Crippen LogP contribution >= 0.6 is 11.3 Å². The average molecular weight is 286 g/mol. The molecule has 1 amide bonds. The van der Waals surface area contributed by atoms with Gasteiger partial charge in [0.25, 0.3) is 5.91 Å². The lowest BCUT2D eigenvalue weighted by atomic mass is 10.1. The smallest absolute Gasteiger partial charge is 0.252 e. The first kappa shape index (κ1) is 13.3. The minimum atomic E-state index is 0.0371. The zero-order valence-corrected chi connectivity index (χ0v) is 12.2. The number of thiophene rings is 1. The molecular weight excluding hydrogens is 268 g/mol. The van der Waals surface area contributed by atoms with E-state index < -0.39 is 0 Å². The highest BCUT2D eigenvalue weighted by Gasteiger charge is 2.18. The number of amides is 1. The van der Waals surface area contributed by atoms with E-state index in [4.69, 9.17) is 0 Å². The third kappa shape index (κ3) is 2.90. The number of carbonyl (C=O) groups excluding carboxylic acids is 1. The molecule has 0 fully saturated rings. The molecule has 0 radical (unpaired) electrons. The molecule has 2 heterocycles. The number of pyridine rings is 1. The van der Waals surface area contributed by atoms with Gasteiger partial charge < -0.3 is 5.32 Å². The molecule has 0 spiro atoms. The van der Waals surface area contributed by atoms with E-state index in [0.717, 1.165) is 24.1 Å². The molecule has 0 saturated carbocycles. The fourth-order valence-corrected chi connectivity index (χ4v) is 3.76. The lowest BCUT2D eigenvalue weighted by Gasteiger charge is -2.06. The lowest BCUT2D eigenvalue weighted by Crippen LogP contribution is -2.23. The van der Waals surface area contributed by atoms with E-state index in [1.54, 1.807) is 17.5 Å². The van der Waals surface area contributed by atoms with Gasteiger partial charge >= 0.3 is 0 Å². The van der Waals surface area contributed by atoms with Crippen molar-refractivity contribution in [2.75, 3.05) is 0 Å². The van der Waals surface area contributed by atoms with Gasteiger partial charge in [0, 0.05) is 16.5 Å². The van der Waals surface area contributed by atoms with Crippen LogP contribution in [0.1, 0.15) is 45.8 Å². The summed E-state index contributed by atoms with van der Waals surface area (Å²) in [5.74, 6) is 0.0371. The maximum Gasteiger partial charge on any atom is 0.252 e. The maximum atomic E-state index is 12.3. The van der Waals surface area contributed by atoms with E-state index in [-0.39, 0.29) is 5.91 Å². The Morgan fingerprint density at radius 2 is 2.15 bits per heavy atom. The molecule has 0 saturated heterocycles. The lowest BCUT2D eigenvalue weighted by molar-refractivity contribution is 0.0950. The minimum absolute atomic E-state index is 0.0371. The summed E-state index contributed by atoms with van der Waals surface area (Å²) in [7, 11) is 0. The molecule has 20 heavy (non-hydrogen) atoms. The van der Waals surface area contributed by atoms with Crippen LogP contribution in [0.2, 0.25) is 0 Å². The predicted molar refractivity (Wildman–Crippen MR) is 81.0 cm³/mol. The predicted octanol–water partition coefficient (Wildman–Crippen LogP) is 3.34. The fourth-order valence-electron chi connectivity index (χ4n) is 2.63. The Bertz CT molecular complexity index is 592. The third-order valence-corrected chi connectivity index (χ3v) is 4.80. The van der Waals surface area contributed by atoms with Crippen LogP contribution in [0, 0.1) is 0 Å². The summed E-state index contributed by atoms with van der Waals surface area (Å²) in [6, 6.07) is 5.74. The van der Waals surface area contributed by atoms with Gasteiger partial charge in [-0.3, -0.25) is 9.78 Å². The van der Waals surface area contributed by atoms with Crippen molar-refractivity contribution < 1.29 is 4.79 Å². The van der Waals surface area contributed by atoms with Gasteiger partial charge in [-0.25, -0.2) is 0 Å². The van der Waals surface area contributed by atoms with Crippen molar-refractivity contribution in [1.82, 2.24) is 10.3 Å². The summed E-state index contributed by atoms with van der Waals surface area (Å²) in [6.07, 6.45) is 7.65. The fraction of sp³-hybridized carbons (Fsp3) is 0.375. The van der Waals surface area contributed by atoms with Gasteiger partial charge in [0.05, 0.1) is 17.8 Å². The number of aryl methyl sites for hydroxylation is 1. The van der Waals surface area contributed by atoms with Crippen LogP contribution in [-0.4, -0.2) is 10.9 Å². The summed E-state index contributed by atoms with van der Waals surface area (Å²) in [4.78, 5) is 18.0. The molecule has 1 aliphatic rings. The topological polar surface area (TPSA) is 42.0 Å². The summed E-state index contributed by atoms with van der Waals surface area (Å²) in [5, 5.41) is 4.99. The molecule has 4 heteroatoms. The Balaban J connectivity index is 1.70. The molecule has 3 rings (SSSR count). The van der Waals surface area contributed by atoms with Gasteiger partial charge in [0.1, 0.15) is 0 Å². The van der Waals surface area contributed by atoms with Crippen LogP contribution in [0.5, 0.6) is 0 Å². The monoisotopic (exact) mass is 286 g/mol. The normalized spacial score (nSPS) is 14.4. The average Bonchev–Trinajstić information content (AvgIpc) is 2.75. The number of hydrogen-bond acceptors (Lipinski definition) is 3. The second-order valence-corrected chi connectivity index (χ2v) is 6.08. The summed E-state index contributed by atoms with van der Waals surface area (Å²) in [6.45, 7) is 0.490. The Kier molecular flexibility index (Phi) is 4.11. The van der Waals surface area contributed by atoms with E-state index in [1.807, 2.05) is 23.6 Å². The van der Waals surface area contributed by atoms with E-state index in [9.17, 15) is 4.79 Å². The molecule has 0 aromatic carbocycles. The van der Waals surface area contributed by atoms with Gasteiger partial charge in [-0.2, -0.15) is 0 Å². The van der Waals surface area contributed by atoms with E-state index in [0.29, 0.717) is 6.54 Å². The van der Waals surface area contributed by atoms with Crippen molar-refractivity contribution >= 4 is 17.2 Å². The second-order valence-electron chi connectivity index (χ2n) is 5.12. The highest BCUT2D eigenvalue weighted by molar-refractivity contribution is 7.10. The number of aromatic nitrogens is 1. The maximum absolute atomic E-state index is 12.3. The Hall–Kier alpha value is -1.68. The van der Waals surface area contributed by atoms with E-state index in [1.165, 1.54) is 29.7 Å². The largest absolute Gasteiger partial charge is 0.346 e. The van der Waals surface area contributed by atoms with Crippen molar-refractivity contribution in [3.63, 3.8) is 0 Å². The van der Waals surface area contributed by atoms with Crippen molar-refractivity contribution in [2.45, 2.75) is 38.6 Å². The molecule has 0 bridgehead atoms.